The number of aromatic nitrogens is 1. The van der Waals surface area contributed by atoms with Crippen LogP contribution in [-0.4, -0.2) is 17.5 Å². The van der Waals surface area contributed by atoms with Crippen molar-refractivity contribution in [2.45, 2.75) is 37.2 Å². The Hall–Kier alpha value is -2.60. The molecule has 0 saturated heterocycles. The molecule has 1 aromatic heterocycles. The molecule has 1 N–H and O–H groups in total. The van der Waals surface area contributed by atoms with Gasteiger partial charge in [-0.3, -0.25) is 0 Å². The summed E-state index contributed by atoms with van der Waals surface area (Å²) in [6.07, 6.45) is 0. The van der Waals surface area contributed by atoms with Gasteiger partial charge in [0, 0.05) is 10.4 Å². The van der Waals surface area contributed by atoms with Crippen LogP contribution < -0.4 is 0 Å². The molecule has 0 aliphatic carbocycles. The van der Waals surface area contributed by atoms with E-state index in [4.69, 9.17) is 11.6 Å². The Kier molecular flexibility index (Phi) is 5.46. The van der Waals surface area contributed by atoms with Gasteiger partial charge in [0.25, 0.3) is 10.0 Å². The lowest BCUT2D eigenvalue weighted by atomic mass is 9.93. The molecule has 0 spiro atoms. The molecule has 0 fully saturated rings. The van der Waals surface area contributed by atoms with Crippen molar-refractivity contribution in [3.8, 4) is 0 Å². The number of hydrogen-bond donors (Lipinski definition) is 1. The predicted molar refractivity (Wildman–Crippen MR) is 125 cm³/mol. The molecule has 1 unspecified atom stereocenters. The Morgan fingerprint density at radius 1 is 0.935 bits per heavy atom. The summed E-state index contributed by atoms with van der Waals surface area (Å²) in [5, 5.41) is 12.7. The Balaban J connectivity index is 1.99. The van der Waals surface area contributed by atoms with Gasteiger partial charge in [0.15, 0.2) is 0 Å². The van der Waals surface area contributed by atoms with E-state index in [0.29, 0.717) is 27.4 Å². The molecule has 0 amide bonds. The van der Waals surface area contributed by atoms with E-state index in [0.717, 1.165) is 5.56 Å². The van der Waals surface area contributed by atoms with Crippen LogP contribution in [0, 0.1) is 0 Å². The van der Waals surface area contributed by atoms with E-state index in [1.807, 2.05) is 30.3 Å². The molecule has 0 saturated carbocycles. The van der Waals surface area contributed by atoms with Gasteiger partial charge in [0.1, 0.15) is 5.60 Å². The summed E-state index contributed by atoms with van der Waals surface area (Å²) in [5.74, 6) is 0.292. The smallest absolute Gasteiger partial charge is 0.268 e. The van der Waals surface area contributed by atoms with E-state index in [1.165, 1.54) is 3.97 Å². The molecule has 0 aliphatic rings. The first-order valence-corrected chi connectivity index (χ1v) is 11.9. The van der Waals surface area contributed by atoms with Crippen molar-refractivity contribution in [3.05, 3.63) is 101 Å². The topological polar surface area (TPSA) is 59.3 Å². The third-order valence-electron chi connectivity index (χ3n) is 5.64. The molecule has 0 bridgehead atoms. The van der Waals surface area contributed by atoms with Gasteiger partial charge >= 0.3 is 0 Å². The van der Waals surface area contributed by atoms with Gasteiger partial charge in [-0.1, -0.05) is 67.9 Å². The monoisotopic (exact) mass is 453 g/mol. The highest BCUT2D eigenvalue weighted by Crippen LogP contribution is 2.37. The van der Waals surface area contributed by atoms with Gasteiger partial charge in [0.2, 0.25) is 0 Å². The summed E-state index contributed by atoms with van der Waals surface area (Å²) >= 11 is 6.17. The van der Waals surface area contributed by atoms with Gasteiger partial charge < -0.3 is 5.11 Å². The molecule has 1 atom stereocenters. The molecule has 4 aromatic rings. The second-order valence-electron chi connectivity index (χ2n) is 8.16. The van der Waals surface area contributed by atoms with Gasteiger partial charge in [0.05, 0.1) is 16.1 Å². The minimum Gasteiger partial charge on any atom is -0.379 e. The zero-order valence-corrected chi connectivity index (χ0v) is 19.2. The quantitative estimate of drug-likeness (QED) is 0.408. The van der Waals surface area contributed by atoms with Crippen LogP contribution in [0.3, 0.4) is 0 Å². The van der Waals surface area contributed by atoms with Gasteiger partial charge in [-0.25, -0.2) is 12.4 Å². The summed E-state index contributed by atoms with van der Waals surface area (Å²) in [6.45, 7) is 5.72. The predicted octanol–water partition coefficient (Wildman–Crippen LogP) is 5.91. The summed E-state index contributed by atoms with van der Waals surface area (Å²) in [6, 6.07) is 22.6. The number of hydrogen-bond acceptors (Lipinski definition) is 3. The zero-order valence-electron chi connectivity index (χ0n) is 17.6. The lowest BCUT2D eigenvalue weighted by Gasteiger charge is -2.26. The molecule has 1 heterocycles. The highest BCUT2D eigenvalue weighted by molar-refractivity contribution is 7.90. The van der Waals surface area contributed by atoms with Crippen molar-refractivity contribution < 1.29 is 13.5 Å². The number of benzene rings is 3. The normalized spacial score (nSPS) is 14.1. The second kappa shape index (κ2) is 7.83. The van der Waals surface area contributed by atoms with E-state index in [2.05, 4.69) is 13.8 Å². The molecule has 4 rings (SSSR count). The average Bonchev–Trinajstić information content (AvgIpc) is 3.14. The number of halogens is 1. The van der Waals surface area contributed by atoms with Gasteiger partial charge in [-0.15, -0.1) is 0 Å². The van der Waals surface area contributed by atoms with Crippen LogP contribution in [0.2, 0.25) is 5.02 Å². The summed E-state index contributed by atoms with van der Waals surface area (Å²) in [5.41, 5.74) is 0.820. The summed E-state index contributed by atoms with van der Waals surface area (Å²) in [4.78, 5) is 0.162. The van der Waals surface area contributed by atoms with Crippen LogP contribution >= 0.6 is 11.6 Å². The van der Waals surface area contributed by atoms with Crippen LogP contribution in [0.25, 0.3) is 10.9 Å². The van der Waals surface area contributed by atoms with Crippen molar-refractivity contribution in [2.75, 3.05) is 0 Å². The largest absolute Gasteiger partial charge is 0.379 e. The van der Waals surface area contributed by atoms with Crippen LogP contribution in [0.4, 0.5) is 0 Å². The van der Waals surface area contributed by atoms with E-state index in [-0.39, 0.29) is 10.6 Å². The maximum Gasteiger partial charge on any atom is 0.268 e. The fraction of sp³-hybridized carbons (Fsp3) is 0.200. The average molecular weight is 454 g/mol. The van der Waals surface area contributed by atoms with Crippen molar-refractivity contribution in [3.63, 3.8) is 0 Å². The molecule has 31 heavy (non-hydrogen) atoms. The molecule has 0 radical (unpaired) electrons. The SMILES string of the molecule is CC(C)c1ccc(S(=O)(=O)n2c(C(C)(O)c3ccccc3)cc3cc(Cl)ccc32)cc1. The number of nitrogens with zero attached hydrogens (tertiary/aromatic N) is 1. The van der Waals surface area contributed by atoms with E-state index in [1.54, 1.807) is 55.5 Å². The third-order valence-corrected chi connectivity index (χ3v) is 7.62. The molecular formula is C25H24ClNO3S. The molecule has 4 nitrogen and oxygen atoms in total. The minimum absolute atomic E-state index is 0.162. The molecule has 3 aromatic carbocycles. The first-order valence-electron chi connectivity index (χ1n) is 10.1. The van der Waals surface area contributed by atoms with Crippen LogP contribution in [0.5, 0.6) is 0 Å². The van der Waals surface area contributed by atoms with Crippen LogP contribution in [-0.2, 0) is 15.6 Å². The Bertz CT molecular complexity index is 1340. The minimum atomic E-state index is -3.99. The molecular weight excluding hydrogens is 430 g/mol. The fourth-order valence-corrected chi connectivity index (χ4v) is 5.59. The maximum atomic E-state index is 13.8. The highest BCUT2D eigenvalue weighted by atomic mass is 35.5. The molecule has 0 aliphatic heterocycles. The van der Waals surface area contributed by atoms with Gasteiger partial charge in [-0.2, -0.15) is 0 Å². The van der Waals surface area contributed by atoms with Crippen LogP contribution in [0.1, 0.15) is 43.5 Å². The Morgan fingerprint density at radius 3 is 2.19 bits per heavy atom. The van der Waals surface area contributed by atoms with E-state index < -0.39 is 15.6 Å². The Labute approximate surface area is 187 Å². The highest BCUT2D eigenvalue weighted by Gasteiger charge is 2.34. The van der Waals surface area contributed by atoms with Crippen LogP contribution in [0.15, 0.2) is 83.8 Å². The lowest BCUT2D eigenvalue weighted by molar-refractivity contribution is 0.0969. The summed E-state index contributed by atoms with van der Waals surface area (Å²) < 4.78 is 28.8. The van der Waals surface area contributed by atoms with Gasteiger partial charge in [-0.05, 0) is 60.4 Å². The van der Waals surface area contributed by atoms with Crippen molar-refractivity contribution >= 4 is 32.5 Å². The third kappa shape index (κ3) is 3.78. The molecule has 160 valence electrons. The van der Waals surface area contributed by atoms with Crippen molar-refractivity contribution in [1.82, 2.24) is 3.97 Å². The van der Waals surface area contributed by atoms with Crippen molar-refractivity contribution in [1.29, 1.82) is 0 Å². The standard InChI is InChI=1S/C25H24ClNO3S/c1-17(2)18-9-12-22(13-10-18)31(29,30)27-23-14-11-21(26)15-19(23)16-24(27)25(3,28)20-7-5-4-6-8-20/h4-17,28H,1-3H3. The Morgan fingerprint density at radius 2 is 1.58 bits per heavy atom. The van der Waals surface area contributed by atoms with E-state index >= 15 is 0 Å². The second-order valence-corrected chi connectivity index (χ2v) is 10.4. The number of rotatable bonds is 5. The maximum absolute atomic E-state index is 13.8. The zero-order chi connectivity index (χ0) is 22.4. The first-order chi connectivity index (χ1) is 14.6. The first kappa shape index (κ1) is 21.6. The lowest BCUT2D eigenvalue weighted by Crippen LogP contribution is -2.29. The number of aliphatic hydroxyl groups is 1. The fourth-order valence-electron chi connectivity index (χ4n) is 3.80. The molecule has 6 heteroatoms. The summed E-state index contributed by atoms with van der Waals surface area (Å²) in [7, 11) is -3.99. The van der Waals surface area contributed by atoms with E-state index in [9.17, 15) is 13.5 Å². The number of fused-ring (bicyclic) bond motifs is 1. The van der Waals surface area contributed by atoms with Crippen molar-refractivity contribution in [2.24, 2.45) is 0 Å².